The average molecular weight is 251 g/mol. The van der Waals surface area contributed by atoms with Crippen molar-refractivity contribution in [1.82, 2.24) is 5.32 Å². The Balaban J connectivity index is 1.80. The van der Waals surface area contributed by atoms with Crippen LogP contribution >= 0.6 is 11.8 Å². The van der Waals surface area contributed by atoms with Crippen LogP contribution in [-0.2, 0) is 6.54 Å². The zero-order chi connectivity index (χ0) is 12.1. The van der Waals surface area contributed by atoms with E-state index in [1.807, 2.05) is 0 Å². The number of rotatable bonds is 5. The van der Waals surface area contributed by atoms with Gasteiger partial charge in [0.1, 0.15) is 5.75 Å². The molecule has 0 bridgehead atoms. The molecule has 0 radical (unpaired) electrons. The second kappa shape index (κ2) is 6.31. The Morgan fingerprint density at radius 1 is 1.47 bits per heavy atom. The lowest BCUT2D eigenvalue weighted by Crippen LogP contribution is -2.22. The molecule has 0 spiro atoms. The lowest BCUT2D eigenvalue weighted by molar-refractivity contribution is 0.411. The topological polar surface area (TPSA) is 21.3 Å². The number of benzene rings is 1. The first-order valence-corrected chi connectivity index (χ1v) is 7.37. The van der Waals surface area contributed by atoms with Crippen LogP contribution in [0.3, 0.4) is 0 Å². The molecule has 1 unspecified atom stereocenters. The standard InChI is InChI=1S/C14H21NOS/c1-11-7-12(3-4-14(11)16-2)8-15-9-13-5-6-17-10-13/h3-4,7,13,15H,5-6,8-10H2,1-2H3. The molecule has 1 heterocycles. The van der Waals surface area contributed by atoms with Gasteiger partial charge in [-0.25, -0.2) is 0 Å². The highest BCUT2D eigenvalue weighted by Gasteiger charge is 2.14. The molecule has 1 aromatic rings. The van der Waals surface area contributed by atoms with E-state index in [2.05, 4.69) is 42.2 Å². The Bertz CT molecular complexity index is 361. The second-order valence-electron chi connectivity index (χ2n) is 4.66. The van der Waals surface area contributed by atoms with Crippen molar-refractivity contribution in [2.45, 2.75) is 19.9 Å². The predicted molar refractivity (Wildman–Crippen MR) is 74.9 cm³/mol. The van der Waals surface area contributed by atoms with Crippen LogP contribution < -0.4 is 10.1 Å². The van der Waals surface area contributed by atoms with E-state index in [-0.39, 0.29) is 0 Å². The number of hydrogen-bond acceptors (Lipinski definition) is 3. The van der Waals surface area contributed by atoms with Crippen molar-refractivity contribution in [1.29, 1.82) is 0 Å². The van der Waals surface area contributed by atoms with E-state index in [0.29, 0.717) is 0 Å². The van der Waals surface area contributed by atoms with Gasteiger partial charge in [0.15, 0.2) is 0 Å². The summed E-state index contributed by atoms with van der Waals surface area (Å²) in [4.78, 5) is 0. The molecule has 1 aliphatic rings. The van der Waals surface area contributed by atoms with Crippen LogP contribution in [-0.4, -0.2) is 25.2 Å². The first kappa shape index (κ1) is 12.8. The van der Waals surface area contributed by atoms with Crippen LogP contribution in [0.5, 0.6) is 5.75 Å². The van der Waals surface area contributed by atoms with Crippen molar-refractivity contribution in [3.8, 4) is 5.75 Å². The molecule has 1 atom stereocenters. The summed E-state index contributed by atoms with van der Waals surface area (Å²) in [5.74, 6) is 4.52. The molecule has 1 aromatic carbocycles. The molecule has 0 amide bonds. The Labute approximate surface area is 108 Å². The minimum atomic E-state index is 0.874. The van der Waals surface area contributed by atoms with Crippen molar-refractivity contribution in [3.05, 3.63) is 29.3 Å². The molecule has 0 saturated carbocycles. The molecule has 17 heavy (non-hydrogen) atoms. The van der Waals surface area contributed by atoms with Gasteiger partial charge in [-0.1, -0.05) is 12.1 Å². The highest BCUT2D eigenvalue weighted by molar-refractivity contribution is 7.99. The third kappa shape index (κ3) is 3.65. The molecule has 94 valence electrons. The Morgan fingerprint density at radius 3 is 3.00 bits per heavy atom. The summed E-state index contributed by atoms with van der Waals surface area (Å²) < 4.78 is 5.26. The smallest absolute Gasteiger partial charge is 0.121 e. The van der Waals surface area contributed by atoms with Crippen molar-refractivity contribution >= 4 is 11.8 Å². The molecule has 2 nitrogen and oxygen atoms in total. The number of thioether (sulfide) groups is 1. The summed E-state index contributed by atoms with van der Waals surface area (Å²) in [6, 6.07) is 6.40. The molecule has 1 N–H and O–H groups in total. The molecule has 0 aromatic heterocycles. The molecule has 0 aliphatic carbocycles. The van der Waals surface area contributed by atoms with Gasteiger partial charge < -0.3 is 10.1 Å². The van der Waals surface area contributed by atoms with Gasteiger partial charge in [-0.05, 0) is 54.5 Å². The van der Waals surface area contributed by atoms with E-state index in [1.54, 1.807) is 7.11 Å². The van der Waals surface area contributed by atoms with Gasteiger partial charge >= 0.3 is 0 Å². The normalized spacial score (nSPS) is 19.5. The summed E-state index contributed by atoms with van der Waals surface area (Å²) >= 11 is 2.08. The van der Waals surface area contributed by atoms with Gasteiger partial charge in [0.05, 0.1) is 7.11 Å². The fourth-order valence-corrected chi connectivity index (χ4v) is 3.50. The van der Waals surface area contributed by atoms with Gasteiger partial charge in [0, 0.05) is 6.54 Å². The molecule has 1 saturated heterocycles. The third-order valence-corrected chi connectivity index (χ3v) is 4.48. The molecule has 2 rings (SSSR count). The number of ether oxygens (including phenoxy) is 1. The van der Waals surface area contributed by atoms with E-state index in [9.17, 15) is 0 Å². The van der Waals surface area contributed by atoms with Gasteiger partial charge in [0.2, 0.25) is 0 Å². The maximum Gasteiger partial charge on any atom is 0.121 e. The number of aryl methyl sites for hydroxylation is 1. The number of hydrogen-bond donors (Lipinski definition) is 1. The van der Waals surface area contributed by atoms with Crippen LogP contribution in [0.15, 0.2) is 18.2 Å². The quantitative estimate of drug-likeness (QED) is 0.869. The van der Waals surface area contributed by atoms with Crippen LogP contribution in [0.4, 0.5) is 0 Å². The van der Waals surface area contributed by atoms with Crippen molar-refractivity contribution < 1.29 is 4.74 Å². The molecule has 1 aliphatic heterocycles. The first-order valence-electron chi connectivity index (χ1n) is 6.21. The monoisotopic (exact) mass is 251 g/mol. The van der Waals surface area contributed by atoms with Gasteiger partial charge in [-0.2, -0.15) is 11.8 Å². The molecular formula is C14H21NOS. The van der Waals surface area contributed by atoms with Gasteiger partial charge in [0.25, 0.3) is 0 Å². The summed E-state index contributed by atoms with van der Waals surface area (Å²) in [6.45, 7) is 4.21. The van der Waals surface area contributed by atoms with E-state index in [1.165, 1.54) is 29.1 Å². The summed E-state index contributed by atoms with van der Waals surface area (Å²) in [5, 5.41) is 3.55. The molecule has 3 heteroatoms. The lowest BCUT2D eigenvalue weighted by Gasteiger charge is -2.11. The van der Waals surface area contributed by atoms with E-state index in [4.69, 9.17) is 4.74 Å². The van der Waals surface area contributed by atoms with Crippen LogP contribution in [0, 0.1) is 12.8 Å². The minimum absolute atomic E-state index is 0.874. The maximum atomic E-state index is 5.26. The summed E-state index contributed by atoms with van der Waals surface area (Å²) in [5.41, 5.74) is 2.55. The highest BCUT2D eigenvalue weighted by atomic mass is 32.2. The van der Waals surface area contributed by atoms with Crippen LogP contribution in [0.25, 0.3) is 0 Å². The van der Waals surface area contributed by atoms with Crippen molar-refractivity contribution in [2.24, 2.45) is 5.92 Å². The fraction of sp³-hybridized carbons (Fsp3) is 0.571. The highest BCUT2D eigenvalue weighted by Crippen LogP contribution is 2.23. The lowest BCUT2D eigenvalue weighted by atomic mass is 10.1. The van der Waals surface area contributed by atoms with Crippen LogP contribution in [0.1, 0.15) is 17.5 Å². The van der Waals surface area contributed by atoms with E-state index >= 15 is 0 Å². The van der Waals surface area contributed by atoms with E-state index < -0.39 is 0 Å². The SMILES string of the molecule is COc1ccc(CNCC2CCSC2)cc1C. The van der Waals surface area contributed by atoms with Gasteiger partial charge in [-0.15, -0.1) is 0 Å². The van der Waals surface area contributed by atoms with Crippen LogP contribution in [0.2, 0.25) is 0 Å². The predicted octanol–water partition coefficient (Wildman–Crippen LogP) is 2.85. The number of nitrogens with one attached hydrogen (secondary N) is 1. The Kier molecular flexibility index (Phi) is 4.75. The Morgan fingerprint density at radius 2 is 2.35 bits per heavy atom. The largest absolute Gasteiger partial charge is 0.496 e. The summed E-state index contributed by atoms with van der Waals surface area (Å²) in [6.07, 6.45) is 1.37. The van der Waals surface area contributed by atoms with Gasteiger partial charge in [-0.3, -0.25) is 0 Å². The van der Waals surface area contributed by atoms with E-state index in [0.717, 1.165) is 24.8 Å². The minimum Gasteiger partial charge on any atom is -0.496 e. The Hall–Kier alpha value is -0.670. The zero-order valence-electron chi connectivity index (χ0n) is 10.7. The van der Waals surface area contributed by atoms with Crippen molar-refractivity contribution in [3.63, 3.8) is 0 Å². The zero-order valence-corrected chi connectivity index (χ0v) is 11.5. The average Bonchev–Trinajstić information content (AvgIpc) is 2.82. The maximum absolute atomic E-state index is 5.26. The third-order valence-electron chi connectivity index (χ3n) is 3.25. The molecular weight excluding hydrogens is 230 g/mol. The van der Waals surface area contributed by atoms with Crippen molar-refractivity contribution in [2.75, 3.05) is 25.2 Å². The molecule has 1 fully saturated rings. The summed E-state index contributed by atoms with van der Waals surface area (Å²) in [7, 11) is 1.72. The number of methoxy groups -OCH3 is 1. The first-order chi connectivity index (χ1) is 8.29. The second-order valence-corrected chi connectivity index (χ2v) is 5.81. The fourth-order valence-electron chi connectivity index (χ4n) is 2.22.